The number of rotatable bonds is 6. The fraction of sp³-hybridized carbons (Fsp3) is 0.474. The van der Waals surface area contributed by atoms with E-state index in [0.717, 1.165) is 31.9 Å². The molecule has 0 atom stereocenters. The summed E-state index contributed by atoms with van der Waals surface area (Å²) in [7, 11) is 3.37. The van der Waals surface area contributed by atoms with E-state index in [4.69, 9.17) is 21.4 Å². The van der Waals surface area contributed by atoms with Crippen molar-refractivity contribution in [3.05, 3.63) is 34.5 Å². The third-order valence-electron chi connectivity index (χ3n) is 5.03. The molecule has 0 unspecified atom stereocenters. The molecule has 0 radical (unpaired) electrons. The Balaban J connectivity index is 1.81. The van der Waals surface area contributed by atoms with Gasteiger partial charge in [0.25, 0.3) is 5.91 Å². The molecule has 2 aliphatic heterocycles. The summed E-state index contributed by atoms with van der Waals surface area (Å²) < 4.78 is 4.79. The summed E-state index contributed by atoms with van der Waals surface area (Å²) in [6, 6.07) is 5.61. The molecule has 2 N–H and O–H groups in total. The lowest BCUT2D eigenvalue weighted by Gasteiger charge is -2.34. The van der Waals surface area contributed by atoms with Crippen molar-refractivity contribution in [1.29, 1.82) is 0 Å². The van der Waals surface area contributed by atoms with Crippen molar-refractivity contribution in [2.24, 2.45) is 0 Å². The molecule has 1 fully saturated rings. The van der Waals surface area contributed by atoms with Gasteiger partial charge in [0.05, 0.1) is 36.5 Å². The number of β-amino-alcohol motifs (C(OH)–C–C–N with tert-alkyl or cyclic N) is 1. The number of piperazine rings is 1. The van der Waals surface area contributed by atoms with Gasteiger partial charge in [0.15, 0.2) is 0 Å². The molecule has 0 bridgehead atoms. The number of amides is 1. The second-order valence-electron chi connectivity index (χ2n) is 6.87. The summed E-state index contributed by atoms with van der Waals surface area (Å²) in [5, 5.41) is 12.6. The van der Waals surface area contributed by atoms with Crippen molar-refractivity contribution < 1.29 is 19.4 Å². The van der Waals surface area contributed by atoms with Crippen molar-refractivity contribution in [2.75, 3.05) is 70.2 Å². The van der Waals surface area contributed by atoms with Crippen molar-refractivity contribution in [1.82, 2.24) is 9.80 Å². The molecule has 9 heteroatoms. The number of likely N-dealkylation sites (N-methyl/N-ethyl adjacent to an activating group) is 1. The number of ether oxygens (including phenoxy) is 1. The van der Waals surface area contributed by atoms with Gasteiger partial charge < -0.3 is 29.9 Å². The van der Waals surface area contributed by atoms with Crippen LogP contribution in [0.4, 0.5) is 11.4 Å². The third-order valence-corrected chi connectivity index (χ3v) is 5.35. The van der Waals surface area contributed by atoms with Crippen molar-refractivity contribution >= 4 is 34.9 Å². The third kappa shape index (κ3) is 4.24. The Hall–Kier alpha value is -2.29. The van der Waals surface area contributed by atoms with Crippen molar-refractivity contribution in [3.63, 3.8) is 0 Å². The van der Waals surface area contributed by atoms with E-state index in [1.54, 1.807) is 6.07 Å². The Morgan fingerprint density at radius 1 is 1.29 bits per heavy atom. The highest BCUT2D eigenvalue weighted by Gasteiger charge is 2.34. The molecule has 2 heterocycles. The molecule has 1 saturated heterocycles. The fourth-order valence-corrected chi connectivity index (χ4v) is 3.57. The number of hydrogen-bond acceptors (Lipinski definition) is 7. The van der Waals surface area contributed by atoms with Crippen LogP contribution in [0.25, 0.3) is 0 Å². The Morgan fingerprint density at radius 3 is 2.61 bits per heavy atom. The number of aliphatic hydroxyl groups is 1. The first-order valence-electron chi connectivity index (χ1n) is 9.16. The first-order chi connectivity index (χ1) is 13.4. The van der Waals surface area contributed by atoms with Crippen LogP contribution in [0.1, 0.15) is 0 Å². The number of carbonyl (C=O) groups excluding carboxylic acids is 2. The monoisotopic (exact) mass is 408 g/mol. The van der Waals surface area contributed by atoms with Crippen molar-refractivity contribution in [3.8, 4) is 0 Å². The molecule has 0 aliphatic carbocycles. The Morgan fingerprint density at radius 2 is 2.00 bits per heavy atom. The summed E-state index contributed by atoms with van der Waals surface area (Å²) in [4.78, 5) is 30.6. The molecule has 8 nitrogen and oxygen atoms in total. The molecule has 0 saturated carbocycles. The van der Waals surface area contributed by atoms with Gasteiger partial charge in [0.2, 0.25) is 0 Å². The second-order valence-corrected chi connectivity index (χ2v) is 7.28. The zero-order valence-corrected chi connectivity index (χ0v) is 16.8. The number of nitrogens with zero attached hydrogens (tertiary/aromatic N) is 3. The number of hydrogen-bond donors (Lipinski definition) is 2. The molecule has 0 aromatic heterocycles. The predicted octanol–water partition coefficient (Wildman–Crippen LogP) is 0.765. The lowest BCUT2D eigenvalue weighted by Crippen LogP contribution is -2.44. The van der Waals surface area contributed by atoms with Gasteiger partial charge in [-0.3, -0.25) is 4.79 Å². The van der Waals surface area contributed by atoms with Gasteiger partial charge in [-0.1, -0.05) is 11.6 Å². The normalized spacial score (nSPS) is 18.1. The summed E-state index contributed by atoms with van der Waals surface area (Å²) >= 11 is 6.46. The maximum Gasteiger partial charge on any atom is 0.337 e. The van der Waals surface area contributed by atoms with Crippen molar-refractivity contribution in [2.45, 2.75) is 0 Å². The fourth-order valence-electron chi connectivity index (χ4n) is 3.35. The van der Waals surface area contributed by atoms with Crippen LogP contribution in [0.15, 0.2) is 29.5 Å². The van der Waals surface area contributed by atoms with E-state index in [9.17, 15) is 9.59 Å². The molecule has 3 rings (SSSR count). The van der Waals surface area contributed by atoms with Gasteiger partial charge in [0.1, 0.15) is 5.70 Å². The van der Waals surface area contributed by atoms with E-state index in [1.165, 1.54) is 12.0 Å². The van der Waals surface area contributed by atoms with E-state index in [2.05, 4.69) is 22.2 Å². The van der Waals surface area contributed by atoms with E-state index in [-0.39, 0.29) is 36.9 Å². The zero-order valence-electron chi connectivity index (χ0n) is 16.1. The number of benzene rings is 1. The first kappa shape index (κ1) is 20.4. The topological polar surface area (TPSA) is 85.4 Å². The molecule has 0 spiro atoms. The summed E-state index contributed by atoms with van der Waals surface area (Å²) in [5.41, 5.74) is 1.91. The number of esters is 1. The quantitative estimate of drug-likeness (QED) is 0.672. The average molecular weight is 409 g/mol. The first-order valence-corrected chi connectivity index (χ1v) is 9.54. The molecular formula is C19H25ClN4O4. The molecule has 28 heavy (non-hydrogen) atoms. The van der Waals surface area contributed by atoms with E-state index in [0.29, 0.717) is 10.7 Å². The number of nitrogens with one attached hydrogen (secondary N) is 1. The molecule has 1 aromatic carbocycles. The van der Waals surface area contributed by atoms with Gasteiger partial charge in [-0.15, -0.1) is 0 Å². The molecular weight excluding hydrogens is 384 g/mol. The highest BCUT2D eigenvalue weighted by Crippen LogP contribution is 2.31. The van der Waals surface area contributed by atoms with Gasteiger partial charge in [-0.2, -0.15) is 0 Å². The smallest absolute Gasteiger partial charge is 0.337 e. The molecule has 152 valence electrons. The maximum absolute atomic E-state index is 12.6. The van der Waals surface area contributed by atoms with Crippen LogP contribution in [0.2, 0.25) is 5.02 Å². The number of halogens is 1. The zero-order chi connectivity index (χ0) is 20.3. The average Bonchev–Trinajstić information content (AvgIpc) is 2.99. The lowest BCUT2D eigenvalue weighted by molar-refractivity contribution is -0.136. The minimum Gasteiger partial charge on any atom is -0.466 e. The molecule has 1 aromatic rings. The molecule has 2 aliphatic rings. The highest BCUT2D eigenvalue weighted by molar-refractivity contribution is 6.33. The van der Waals surface area contributed by atoms with Gasteiger partial charge in [-0.25, -0.2) is 4.79 Å². The van der Waals surface area contributed by atoms with Crippen LogP contribution in [0, 0.1) is 0 Å². The number of carbonyl (C=O) groups is 2. The van der Waals surface area contributed by atoms with E-state index < -0.39 is 5.97 Å². The predicted molar refractivity (Wildman–Crippen MR) is 107 cm³/mol. The Kier molecular flexibility index (Phi) is 6.43. The Labute approximate surface area is 169 Å². The number of anilines is 2. The van der Waals surface area contributed by atoms with Gasteiger partial charge in [0, 0.05) is 38.4 Å². The summed E-state index contributed by atoms with van der Waals surface area (Å²) in [6.45, 7) is 3.86. The lowest BCUT2D eigenvalue weighted by atomic mass is 10.2. The van der Waals surface area contributed by atoms with Crippen LogP contribution in [-0.2, 0) is 14.3 Å². The van der Waals surface area contributed by atoms with E-state index >= 15 is 0 Å². The second kappa shape index (κ2) is 8.81. The van der Waals surface area contributed by atoms with Gasteiger partial charge >= 0.3 is 5.97 Å². The SMILES string of the molecule is COC(=O)C1=C(Nc2ccc(N3CCN(C)CC3)cc2Cl)C(=O)N(CCO)C1. The summed E-state index contributed by atoms with van der Waals surface area (Å²) in [5.74, 6) is -0.949. The standard InChI is InChI=1S/C19H25ClN4O4/c1-22-5-7-23(8-6-22)13-3-4-16(15(20)11-13)21-17-14(19(27)28-2)12-24(9-10-25)18(17)26/h3-4,11,21,25H,5-10,12H2,1-2H3. The Bertz CT molecular complexity index is 790. The van der Waals surface area contributed by atoms with Crippen LogP contribution in [0.5, 0.6) is 0 Å². The number of methoxy groups -OCH3 is 1. The van der Waals surface area contributed by atoms with Crippen LogP contribution in [0.3, 0.4) is 0 Å². The maximum atomic E-state index is 12.6. The minimum absolute atomic E-state index is 0.0887. The van der Waals surface area contributed by atoms with Crippen LogP contribution >= 0.6 is 11.6 Å². The van der Waals surface area contributed by atoms with Crippen LogP contribution in [-0.4, -0.2) is 86.8 Å². The summed E-state index contributed by atoms with van der Waals surface area (Å²) in [6.07, 6.45) is 0. The van der Waals surface area contributed by atoms with Gasteiger partial charge in [-0.05, 0) is 25.2 Å². The number of aliphatic hydroxyl groups excluding tert-OH is 1. The van der Waals surface area contributed by atoms with E-state index in [1.807, 2.05) is 12.1 Å². The highest BCUT2D eigenvalue weighted by atomic mass is 35.5. The largest absolute Gasteiger partial charge is 0.466 e. The minimum atomic E-state index is -0.582. The molecule has 1 amide bonds. The van der Waals surface area contributed by atoms with Crippen LogP contribution < -0.4 is 10.2 Å².